The number of benzene rings is 2. The van der Waals surface area contributed by atoms with E-state index in [9.17, 15) is 0 Å². The zero-order chi connectivity index (χ0) is 17.5. The Balaban J connectivity index is 1.67. The predicted octanol–water partition coefficient (Wildman–Crippen LogP) is 5.33. The van der Waals surface area contributed by atoms with E-state index in [4.69, 9.17) is 0 Å². The largest absolute Gasteiger partial charge is 0.302 e. The summed E-state index contributed by atoms with van der Waals surface area (Å²) in [6, 6.07) is 21.0. The molecule has 1 aromatic heterocycles. The van der Waals surface area contributed by atoms with E-state index in [1.165, 1.54) is 5.56 Å². The summed E-state index contributed by atoms with van der Waals surface area (Å²) >= 11 is 1.81. The van der Waals surface area contributed by atoms with Gasteiger partial charge >= 0.3 is 0 Å². The fourth-order valence-electron chi connectivity index (χ4n) is 2.81. The zero-order valence-corrected chi connectivity index (χ0v) is 15.7. The number of nitrogens with zero attached hydrogens (tertiary/aromatic N) is 3. The molecule has 0 saturated carbocycles. The molecule has 4 heteroatoms. The van der Waals surface area contributed by atoms with E-state index in [1.54, 1.807) is 0 Å². The highest BCUT2D eigenvalue weighted by Gasteiger charge is 2.15. The molecular formula is C21H25N3S. The van der Waals surface area contributed by atoms with Crippen molar-refractivity contribution >= 4 is 11.8 Å². The molecule has 0 aliphatic carbocycles. The van der Waals surface area contributed by atoms with Crippen LogP contribution in [0, 0.1) is 5.92 Å². The molecule has 0 saturated heterocycles. The maximum Gasteiger partial charge on any atom is 0.191 e. The molecule has 0 unspecified atom stereocenters. The van der Waals surface area contributed by atoms with E-state index < -0.39 is 0 Å². The molecule has 25 heavy (non-hydrogen) atoms. The maximum absolute atomic E-state index is 4.47. The predicted molar refractivity (Wildman–Crippen MR) is 106 cm³/mol. The lowest BCUT2D eigenvalue weighted by Crippen LogP contribution is -2.08. The molecule has 2 aromatic carbocycles. The first-order valence-electron chi connectivity index (χ1n) is 8.89. The second kappa shape index (κ2) is 8.86. The Morgan fingerprint density at radius 2 is 1.60 bits per heavy atom. The normalized spacial score (nSPS) is 11.2. The summed E-state index contributed by atoms with van der Waals surface area (Å²) < 4.78 is 2.27. The molecule has 130 valence electrons. The number of thioether (sulfide) groups is 1. The second-order valence-electron chi connectivity index (χ2n) is 6.61. The summed E-state index contributed by atoms with van der Waals surface area (Å²) in [5.41, 5.74) is 2.53. The van der Waals surface area contributed by atoms with Gasteiger partial charge in [-0.25, -0.2) is 0 Å². The number of rotatable bonds is 8. The van der Waals surface area contributed by atoms with E-state index in [0.717, 1.165) is 41.7 Å². The maximum atomic E-state index is 4.47. The lowest BCUT2D eigenvalue weighted by Gasteiger charge is -2.12. The first-order chi connectivity index (χ1) is 12.2. The Kier molecular flexibility index (Phi) is 6.29. The minimum Gasteiger partial charge on any atom is -0.302 e. The Morgan fingerprint density at radius 1 is 0.920 bits per heavy atom. The van der Waals surface area contributed by atoms with Gasteiger partial charge in [0, 0.05) is 17.9 Å². The summed E-state index contributed by atoms with van der Waals surface area (Å²) in [7, 11) is 0. The van der Waals surface area contributed by atoms with Crippen LogP contribution in [0.1, 0.15) is 25.8 Å². The molecule has 3 rings (SSSR count). The average Bonchev–Trinajstić information content (AvgIpc) is 3.02. The van der Waals surface area contributed by atoms with Crippen LogP contribution in [-0.2, 0) is 13.0 Å². The first kappa shape index (κ1) is 17.7. The molecule has 0 atom stereocenters. The Hall–Kier alpha value is -2.07. The van der Waals surface area contributed by atoms with Crippen LogP contribution in [0.15, 0.2) is 65.8 Å². The molecule has 0 spiro atoms. The van der Waals surface area contributed by atoms with Crippen molar-refractivity contribution in [2.75, 3.05) is 5.75 Å². The van der Waals surface area contributed by atoms with Gasteiger partial charge in [0.05, 0.1) is 0 Å². The van der Waals surface area contributed by atoms with E-state index in [1.807, 2.05) is 17.8 Å². The lowest BCUT2D eigenvalue weighted by molar-refractivity contribution is 0.498. The van der Waals surface area contributed by atoms with Gasteiger partial charge in [-0.1, -0.05) is 86.3 Å². The van der Waals surface area contributed by atoms with Gasteiger partial charge in [0.15, 0.2) is 11.0 Å². The summed E-state index contributed by atoms with van der Waals surface area (Å²) in [5, 5.41) is 9.96. The van der Waals surface area contributed by atoms with Crippen molar-refractivity contribution in [1.82, 2.24) is 14.8 Å². The van der Waals surface area contributed by atoms with Crippen LogP contribution in [0.2, 0.25) is 0 Å². The van der Waals surface area contributed by atoms with E-state index in [0.29, 0.717) is 5.92 Å². The van der Waals surface area contributed by atoms with Crippen molar-refractivity contribution in [3.05, 3.63) is 66.2 Å². The second-order valence-corrected chi connectivity index (χ2v) is 7.68. The third kappa shape index (κ3) is 4.95. The fourth-order valence-corrected chi connectivity index (χ4v) is 3.70. The van der Waals surface area contributed by atoms with E-state index >= 15 is 0 Å². The van der Waals surface area contributed by atoms with Crippen molar-refractivity contribution in [2.24, 2.45) is 5.92 Å². The molecular weight excluding hydrogens is 326 g/mol. The summed E-state index contributed by atoms with van der Waals surface area (Å²) in [5.74, 6) is 2.59. The minimum atomic E-state index is 0.558. The van der Waals surface area contributed by atoms with Crippen molar-refractivity contribution in [1.29, 1.82) is 0 Å². The van der Waals surface area contributed by atoms with Crippen LogP contribution in [-0.4, -0.2) is 20.5 Å². The SMILES string of the molecule is CC(C)Cn1c(SCCCc2ccccc2)nnc1-c1ccccc1. The zero-order valence-electron chi connectivity index (χ0n) is 14.9. The Labute approximate surface area is 154 Å². The van der Waals surface area contributed by atoms with Crippen LogP contribution < -0.4 is 0 Å². The van der Waals surface area contributed by atoms with Gasteiger partial charge in [0.1, 0.15) is 0 Å². The monoisotopic (exact) mass is 351 g/mol. The molecule has 0 radical (unpaired) electrons. The molecule has 3 nitrogen and oxygen atoms in total. The number of hydrogen-bond donors (Lipinski definition) is 0. The molecule has 0 aliphatic rings. The number of aryl methyl sites for hydroxylation is 1. The van der Waals surface area contributed by atoms with Crippen LogP contribution >= 0.6 is 11.8 Å². The first-order valence-corrected chi connectivity index (χ1v) is 9.88. The van der Waals surface area contributed by atoms with Gasteiger partial charge in [-0.15, -0.1) is 10.2 Å². The molecule has 0 amide bonds. The van der Waals surface area contributed by atoms with Crippen LogP contribution in [0.3, 0.4) is 0 Å². The lowest BCUT2D eigenvalue weighted by atomic mass is 10.1. The number of aromatic nitrogens is 3. The highest BCUT2D eigenvalue weighted by atomic mass is 32.2. The minimum absolute atomic E-state index is 0.558. The molecule has 3 aromatic rings. The molecule has 0 N–H and O–H groups in total. The van der Waals surface area contributed by atoms with Crippen molar-refractivity contribution in [3.8, 4) is 11.4 Å². The van der Waals surface area contributed by atoms with Crippen molar-refractivity contribution in [3.63, 3.8) is 0 Å². The third-order valence-electron chi connectivity index (χ3n) is 3.98. The van der Waals surface area contributed by atoms with Gasteiger partial charge in [-0.05, 0) is 24.3 Å². The molecule has 0 bridgehead atoms. The van der Waals surface area contributed by atoms with Gasteiger partial charge in [0.2, 0.25) is 0 Å². The summed E-state index contributed by atoms with van der Waals surface area (Å²) in [4.78, 5) is 0. The topological polar surface area (TPSA) is 30.7 Å². The van der Waals surface area contributed by atoms with Crippen LogP contribution in [0.25, 0.3) is 11.4 Å². The summed E-state index contributed by atoms with van der Waals surface area (Å²) in [6.45, 7) is 5.41. The van der Waals surface area contributed by atoms with Crippen molar-refractivity contribution < 1.29 is 0 Å². The smallest absolute Gasteiger partial charge is 0.191 e. The van der Waals surface area contributed by atoms with Gasteiger partial charge in [0.25, 0.3) is 0 Å². The quantitative estimate of drug-likeness (QED) is 0.406. The van der Waals surface area contributed by atoms with E-state index in [2.05, 4.69) is 83.2 Å². The van der Waals surface area contributed by atoms with E-state index in [-0.39, 0.29) is 0 Å². The number of hydrogen-bond acceptors (Lipinski definition) is 3. The fraction of sp³-hybridized carbons (Fsp3) is 0.333. The summed E-state index contributed by atoms with van der Waals surface area (Å²) in [6.07, 6.45) is 2.25. The van der Waals surface area contributed by atoms with Crippen LogP contribution in [0.4, 0.5) is 0 Å². The third-order valence-corrected chi connectivity index (χ3v) is 5.03. The highest BCUT2D eigenvalue weighted by molar-refractivity contribution is 7.99. The highest BCUT2D eigenvalue weighted by Crippen LogP contribution is 2.25. The standard InChI is InChI=1S/C21H25N3S/c1-17(2)16-24-20(19-13-7-4-8-14-19)22-23-21(24)25-15-9-12-18-10-5-3-6-11-18/h3-8,10-11,13-14,17H,9,12,15-16H2,1-2H3. The van der Waals surface area contributed by atoms with Gasteiger partial charge in [-0.3, -0.25) is 0 Å². The average molecular weight is 352 g/mol. The van der Waals surface area contributed by atoms with Gasteiger partial charge in [-0.2, -0.15) is 0 Å². The van der Waals surface area contributed by atoms with Crippen molar-refractivity contribution in [2.45, 2.75) is 38.4 Å². The molecule has 0 fully saturated rings. The Bertz CT molecular complexity index is 766. The van der Waals surface area contributed by atoms with Crippen LogP contribution in [0.5, 0.6) is 0 Å². The van der Waals surface area contributed by atoms with Gasteiger partial charge < -0.3 is 4.57 Å². The molecule has 1 heterocycles. The molecule has 0 aliphatic heterocycles. The Morgan fingerprint density at radius 3 is 2.28 bits per heavy atom.